The maximum absolute atomic E-state index is 12.6. The summed E-state index contributed by atoms with van der Waals surface area (Å²) in [6, 6.07) is 25.6. The van der Waals surface area contributed by atoms with Crippen molar-refractivity contribution in [2.75, 3.05) is 5.32 Å². The molecule has 4 aromatic carbocycles. The van der Waals surface area contributed by atoms with Gasteiger partial charge >= 0.3 is 0 Å². The molecule has 0 aromatic heterocycles. The molecule has 0 atom stereocenters. The van der Waals surface area contributed by atoms with Gasteiger partial charge in [0.1, 0.15) is 5.75 Å². The minimum Gasteiger partial charge on any atom is -0.508 e. The Balaban J connectivity index is 1.44. The SMILES string of the molecule is CC1(C)CCC(C)(C)c2cc3cc(-c4ccc(C(=O)Nc5ccc(O)cc5)cc4)ccc3cc21. The van der Waals surface area contributed by atoms with E-state index in [1.807, 2.05) is 24.3 Å². The first-order valence-electron chi connectivity index (χ1n) is 11.9. The molecular formula is C31H31NO2. The van der Waals surface area contributed by atoms with Crippen LogP contribution in [-0.4, -0.2) is 11.0 Å². The van der Waals surface area contributed by atoms with Gasteiger partial charge in [-0.2, -0.15) is 0 Å². The number of carbonyl (C=O) groups is 1. The number of nitrogens with one attached hydrogen (secondary N) is 1. The molecule has 0 aliphatic heterocycles. The first-order valence-corrected chi connectivity index (χ1v) is 11.9. The standard InChI is InChI=1S/C31H31NO2/c1-30(2)15-16-31(3,4)28-19-24-17-22(9-10-23(24)18-27(28)30)20-5-7-21(8-6-20)29(34)32-25-11-13-26(33)14-12-25/h5-14,17-19,33H,15-16H2,1-4H3,(H,32,34). The van der Waals surface area contributed by atoms with E-state index in [0.29, 0.717) is 11.3 Å². The summed E-state index contributed by atoms with van der Waals surface area (Å²) in [5.41, 5.74) is 6.80. The van der Waals surface area contributed by atoms with Gasteiger partial charge in [-0.25, -0.2) is 0 Å². The fraction of sp³-hybridized carbons (Fsp3) is 0.258. The van der Waals surface area contributed by atoms with Crippen LogP contribution in [-0.2, 0) is 10.8 Å². The second-order valence-electron chi connectivity index (χ2n) is 10.8. The lowest BCUT2D eigenvalue weighted by molar-refractivity contribution is 0.102. The molecule has 0 saturated heterocycles. The van der Waals surface area contributed by atoms with Crippen molar-refractivity contribution in [1.29, 1.82) is 0 Å². The molecule has 0 radical (unpaired) electrons. The van der Waals surface area contributed by atoms with Gasteiger partial charge in [-0.15, -0.1) is 0 Å². The molecule has 172 valence electrons. The number of hydrogen-bond acceptors (Lipinski definition) is 2. The summed E-state index contributed by atoms with van der Waals surface area (Å²) in [5.74, 6) is -0.00209. The lowest BCUT2D eigenvalue weighted by Crippen LogP contribution is -2.33. The van der Waals surface area contributed by atoms with Crippen LogP contribution in [0.1, 0.15) is 62.0 Å². The van der Waals surface area contributed by atoms with E-state index in [9.17, 15) is 9.90 Å². The zero-order chi connectivity index (χ0) is 24.1. The quantitative estimate of drug-likeness (QED) is 0.313. The lowest BCUT2D eigenvalue weighted by Gasteiger charge is -2.42. The van der Waals surface area contributed by atoms with Gasteiger partial charge < -0.3 is 10.4 Å². The Morgan fingerprint density at radius 3 is 1.88 bits per heavy atom. The summed E-state index contributed by atoms with van der Waals surface area (Å²) in [6.07, 6.45) is 2.41. The largest absolute Gasteiger partial charge is 0.508 e. The Bertz CT molecular complexity index is 1380. The Kier molecular flexibility index (Phi) is 5.24. The number of benzene rings is 4. The van der Waals surface area contributed by atoms with Crippen LogP contribution in [0.5, 0.6) is 5.75 Å². The predicted molar refractivity (Wildman–Crippen MR) is 141 cm³/mol. The summed E-state index contributed by atoms with van der Waals surface area (Å²) >= 11 is 0. The number of fused-ring (bicyclic) bond motifs is 2. The summed E-state index contributed by atoms with van der Waals surface area (Å²) in [5, 5.41) is 14.8. The molecule has 0 spiro atoms. The number of anilines is 1. The highest BCUT2D eigenvalue weighted by Gasteiger charge is 2.37. The van der Waals surface area contributed by atoms with Crippen molar-refractivity contribution in [3.8, 4) is 16.9 Å². The highest BCUT2D eigenvalue weighted by molar-refractivity contribution is 6.04. The molecule has 0 unspecified atom stereocenters. The van der Waals surface area contributed by atoms with Gasteiger partial charge in [0.25, 0.3) is 5.91 Å². The number of aromatic hydroxyl groups is 1. The second kappa shape index (κ2) is 8.02. The Morgan fingerprint density at radius 2 is 1.26 bits per heavy atom. The molecule has 0 saturated carbocycles. The average Bonchev–Trinajstić information content (AvgIpc) is 2.82. The fourth-order valence-corrected chi connectivity index (χ4v) is 5.05. The van der Waals surface area contributed by atoms with Crippen LogP contribution in [0.3, 0.4) is 0 Å². The van der Waals surface area contributed by atoms with Gasteiger partial charge in [0.2, 0.25) is 0 Å². The Labute approximate surface area is 201 Å². The number of phenols is 1. The molecule has 2 N–H and O–H groups in total. The molecule has 5 rings (SSSR count). The summed E-state index contributed by atoms with van der Waals surface area (Å²) in [4.78, 5) is 12.6. The number of amides is 1. The molecule has 0 heterocycles. The molecular weight excluding hydrogens is 418 g/mol. The first kappa shape index (κ1) is 22.2. The number of rotatable bonds is 3. The third-order valence-corrected chi connectivity index (χ3v) is 7.42. The molecule has 0 fully saturated rings. The third-order valence-electron chi connectivity index (χ3n) is 7.42. The maximum atomic E-state index is 12.6. The van der Waals surface area contributed by atoms with Gasteiger partial charge in [-0.3, -0.25) is 4.79 Å². The first-order chi connectivity index (χ1) is 16.1. The van der Waals surface area contributed by atoms with E-state index in [1.165, 1.54) is 34.7 Å². The fourth-order valence-electron chi connectivity index (χ4n) is 5.05. The number of phenolic OH excluding ortho intramolecular Hbond substituents is 1. The van der Waals surface area contributed by atoms with Crippen LogP contribution < -0.4 is 5.32 Å². The van der Waals surface area contributed by atoms with Crippen molar-refractivity contribution in [1.82, 2.24) is 0 Å². The van der Waals surface area contributed by atoms with Crippen molar-refractivity contribution in [3.63, 3.8) is 0 Å². The lowest BCUT2D eigenvalue weighted by atomic mass is 9.63. The number of hydrogen-bond donors (Lipinski definition) is 2. The summed E-state index contributed by atoms with van der Waals surface area (Å²) in [7, 11) is 0. The molecule has 34 heavy (non-hydrogen) atoms. The van der Waals surface area contributed by atoms with Crippen LogP contribution in [0, 0.1) is 0 Å². The molecule has 0 bridgehead atoms. The van der Waals surface area contributed by atoms with Crippen LogP contribution in [0.15, 0.2) is 78.9 Å². The third kappa shape index (κ3) is 4.07. The molecule has 1 amide bonds. The predicted octanol–water partition coefficient (Wildman–Crippen LogP) is 7.81. The molecule has 1 aliphatic carbocycles. The minimum atomic E-state index is -0.174. The second-order valence-corrected chi connectivity index (χ2v) is 10.8. The Morgan fingerprint density at radius 1 is 0.706 bits per heavy atom. The van der Waals surface area contributed by atoms with Gasteiger partial charge in [-0.05, 0) is 99.2 Å². The van der Waals surface area contributed by atoms with E-state index in [-0.39, 0.29) is 22.5 Å². The Hall–Kier alpha value is -3.59. The maximum Gasteiger partial charge on any atom is 0.255 e. The van der Waals surface area contributed by atoms with E-state index in [2.05, 4.69) is 63.3 Å². The van der Waals surface area contributed by atoms with Crippen LogP contribution in [0.25, 0.3) is 21.9 Å². The summed E-state index contributed by atoms with van der Waals surface area (Å²) < 4.78 is 0. The van der Waals surface area contributed by atoms with E-state index in [0.717, 1.165) is 11.1 Å². The van der Waals surface area contributed by atoms with E-state index >= 15 is 0 Å². The van der Waals surface area contributed by atoms with Crippen LogP contribution in [0.2, 0.25) is 0 Å². The van der Waals surface area contributed by atoms with Crippen LogP contribution in [0.4, 0.5) is 5.69 Å². The highest BCUT2D eigenvalue weighted by atomic mass is 16.3. The normalized spacial score (nSPS) is 16.1. The van der Waals surface area contributed by atoms with E-state index in [4.69, 9.17) is 0 Å². The topological polar surface area (TPSA) is 49.3 Å². The van der Waals surface area contributed by atoms with Crippen LogP contribution >= 0.6 is 0 Å². The van der Waals surface area contributed by atoms with Crippen molar-refractivity contribution < 1.29 is 9.90 Å². The molecule has 3 heteroatoms. The highest BCUT2D eigenvalue weighted by Crippen LogP contribution is 2.47. The monoisotopic (exact) mass is 449 g/mol. The van der Waals surface area contributed by atoms with Crippen molar-refractivity contribution >= 4 is 22.4 Å². The number of carbonyl (C=O) groups excluding carboxylic acids is 1. The minimum absolute atomic E-state index is 0.172. The zero-order valence-electron chi connectivity index (χ0n) is 20.3. The van der Waals surface area contributed by atoms with Gasteiger partial charge in [0.05, 0.1) is 0 Å². The summed E-state index contributed by atoms with van der Waals surface area (Å²) in [6.45, 7) is 9.44. The van der Waals surface area contributed by atoms with Gasteiger partial charge in [-0.1, -0.05) is 64.1 Å². The average molecular weight is 450 g/mol. The molecule has 3 nitrogen and oxygen atoms in total. The van der Waals surface area contributed by atoms with E-state index < -0.39 is 0 Å². The zero-order valence-corrected chi connectivity index (χ0v) is 20.3. The van der Waals surface area contributed by atoms with E-state index in [1.54, 1.807) is 24.3 Å². The van der Waals surface area contributed by atoms with Crippen molar-refractivity contribution in [2.24, 2.45) is 0 Å². The molecule has 4 aromatic rings. The van der Waals surface area contributed by atoms with Crippen molar-refractivity contribution in [3.05, 3.63) is 95.6 Å². The molecule has 1 aliphatic rings. The smallest absolute Gasteiger partial charge is 0.255 e. The van der Waals surface area contributed by atoms with Gasteiger partial charge in [0.15, 0.2) is 0 Å². The van der Waals surface area contributed by atoms with Gasteiger partial charge in [0, 0.05) is 11.3 Å². The van der Waals surface area contributed by atoms with Crippen molar-refractivity contribution in [2.45, 2.75) is 51.4 Å².